The number of rotatable bonds is 18. The first-order valence-corrected chi connectivity index (χ1v) is 11.7. The van der Waals surface area contributed by atoms with Crippen molar-refractivity contribution in [3.63, 3.8) is 0 Å². The van der Waals surface area contributed by atoms with Crippen LogP contribution in [-0.4, -0.2) is 18.3 Å². The molecule has 0 bridgehead atoms. The summed E-state index contributed by atoms with van der Waals surface area (Å²) in [4.78, 5) is 22.1. The highest BCUT2D eigenvalue weighted by molar-refractivity contribution is 6.33. The standard InChI is InChI=1S/C25H41NO3/c1-3-4-5-6-7-8-9-10-11-12-13-14-15-16-21-26-23-17-19-24(20-18-23)29-25(28)22(2)27/h17-20,26H,3-16,21H2,1-2H3. The van der Waals surface area contributed by atoms with Crippen LogP contribution >= 0.6 is 0 Å². The number of benzene rings is 1. The summed E-state index contributed by atoms with van der Waals surface area (Å²) < 4.78 is 4.95. The second-order valence-corrected chi connectivity index (χ2v) is 7.99. The number of hydrogen-bond donors (Lipinski definition) is 1. The van der Waals surface area contributed by atoms with Crippen molar-refractivity contribution in [1.82, 2.24) is 0 Å². The smallest absolute Gasteiger partial charge is 0.379 e. The van der Waals surface area contributed by atoms with E-state index in [1.807, 2.05) is 12.1 Å². The van der Waals surface area contributed by atoms with E-state index >= 15 is 0 Å². The molecular weight excluding hydrogens is 362 g/mol. The van der Waals surface area contributed by atoms with Crippen LogP contribution < -0.4 is 10.1 Å². The lowest BCUT2D eigenvalue weighted by atomic mass is 10.0. The van der Waals surface area contributed by atoms with Gasteiger partial charge in [-0.3, -0.25) is 4.79 Å². The minimum Gasteiger partial charge on any atom is -0.421 e. The highest BCUT2D eigenvalue weighted by Gasteiger charge is 2.09. The van der Waals surface area contributed by atoms with Gasteiger partial charge in [0.1, 0.15) is 5.75 Å². The molecule has 4 heteroatoms. The first-order valence-electron chi connectivity index (χ1n) is 11.7. The van der Waals surface area contributed by atoms with E-state index in [1.165, 1.54) is 96.8 Å². The number of unbranched alkanes of at least 4 members (excludes halogenated alkanes) is 13. The van der Waals surface area contributed by atoms with E-state index < -0.39 is 11.8 Å². The van der Waals surface area contributed by atoms with Crippen LogP contribution in [0.2, 0.25) is 0 Å². The van der Waals surface area contributed by atoms with Gasteiger partial charge in [0.05, 0.1) is 0 Å². The second kappa shape index (κ2) is 17.1. The third-order valence-corrected chi connectivity index (χ3v) is 5.21. The maximum atomic E-state index is 11.2. The highest BCUT2D eigenvalue weighted by atomic mass is 16.5. The molecule has 0 amide bonds. The van der Waals surface area contributed by atoms with E-state index in [9.17, 15) is 9.59 Å². The number of anilines is 1. The first kappa shape index (κ1) is 25.2. The largest absolute Gasteiger partial charge is 0.421 e. The van der Waals surface area contributed by atoms with Crippen molar-refractivity contribution in [2.75, 3.05) is 11.9 Å². The number of nitrogens with one attached hydrogen (secondary N) is 1. The molecule has 0 fully saturated rings. The number of esters is 1. The van der Waals surface area contributed by atoms with Crippen LogP contribution in [0.4, 0.5) is 5.69 Å². The summed E-state index contributed by atoms with van der Waals surface area (Å²) in [7, 11) is 0. The molecule has 164 valence electrons. The molecule has 0 saturated carbocycles. The topological polar surface area (TPSA) is 55.4 Å². The molecule has 1 aromatic carbocycles. The Hall–Kier alpha value is -1.84. The Balaban J connectivity index is 1.91. The number of carbonyl (C=O) groups excluding carboxylic acids is 2. The highest BCUT2D eigenvalue weighted by Crippen LogP contribution is 2.16. The van der Waals surface area contributed by atoms with Gasteiger partial charge in [-0.05, 0) is 30.7 Å². The maximum Gasteiger partial charge on any atom is 0.379 e. The van der Waals surface area contributed by atoms with Crippen LogP contribution in [0, 0.1) is 0 Å². The van der Waals surface area contributed by atoms with Gasteiger partial charge in [-0.15, -0.1) is 0 Å². The molecule has 0 radical (unpaired) electrons. The monoisotopic (exact) mass is 403 g/mol. The fraction of sp³-hybridized carbons (Fsp3) is 0.680. The van der Waals surface area contributed by atoms with Crippen molar-refractivity contribution in [3.05, 3.63) is 24.3 Å². The molecule has 1 rings (SSSR count). The lowest BCUT2D eigenvalue weighted by molar-refractivity contribution is -0.146. The van der Waals surface area contributed by atoms with Crippen LogP contribution in [0.5, 0.6) is 5.75 Å². The summed E-state index contributed by atoms with van der Waals surface area (Å²) in [6, 6.07) is 7.14. The maximum absolute atomic E-state index is 11.2. The van der Waals surface area contributed by atoms with Crippen molar-refractivity contribution in [1.29, 1.82) is 0 Å². The molecule has 1 aromatic rings. The third kappa shape index (κ3) is 13.9. The zero-order chi connectivity index (χ0) is 21.2. The van der Waals surface area contributed by atoms with Crippen molar-refractivity contribution in [3.8, 4) is 5.75 Å². The van der Waals surface area contributed by atoms with Crippen molar-refractivity contribution in [2.45, 2.75) is 104 Å². The molecule has 1 N–H and O–H groups in total. The van der Waals surface area contributed by atoms with Crippen LogP contribution in [0.3, 0.4) is 0 Å². The van der Waals surface area contributed by atoms with Gasteiger partial charge in [0.2, 0.25) is 5.78 Å². The molecule has 0 heterocycles. The Morgan fingerprint density at radius 2 is 1.17 bits per heavy atom. The predicted octanol–water partition coefficient (Wildman–Crippen LogP) is 7.07. The summed E-state index contributed by atoms with van der Waals surface area (Å²) in [5.41, 5.74) is 1.00. The van der Waals surface area contributed by atoms with Crippen LogP contribution in [0.25, 0.3) is 0 Å². The molecule has 0 aliphatic rings. The molecule has 29 heavy (non-hydrogen) atoms. The SMILES string of the molecule is CCCCCCCCCCCCCCCCNc1ccc(OC(=O)C(C)=O)cc1. The van der Waals surface area contributed by atoms with Crippen molar-refractivity contribution >= 4 is 17.4 Å². The third-order valence-electron chi connectivity index (χ3n) is 5.21. The zero-order valence-corrected chi connectivity index (χ0v) is 18.6. The lowest BCUT2D eigenvalue weighted by Gasteiger charge is -2.08. The minimum absolute atomic E-state index is 0.396. The van der Waals surface area contributed by atoms with Gasteiger partial charge in [0.15, 0.2) is 0 Å². The van der Waals surface area contributed by atoms with E-state index in [4.69, 9.17) is 4.74 Å². The summed E-state index contributed by atoms with van der Waals surface area (Å²) in [6.07, 6.45) is 19.2. The van der Waals surface area contributed by atoms with Gasteiger partial charge in [0, 0.05) is 19.2 Å². The first-order chi connectivity index (χ1) is 14.1. The van der Waals surface area contributed by atoms with Gasteiger partial charge in [-0.2, -0.15) is 0 Å². The molecule has 4 nitrogen and oxygen atoms in total. The van der Waals surface area contributed by atoms with E-state index in [2.05, 4.69) is 12.2 Å². The molecule has 0 atom stereocenters. The lowest BCUT2D eigenvalue weighted by Crippen LogP contribution is -2.16. The van der Waals surface area contributed by atoms with Gasteiger partial charge >= 0.3 is 5.97 Å². The van der Waals surface area contributed by atoms with E-state index in [0.29, 0.717) is 5.75 Å². The molecule has 0 aliphatic heterocycles. The van der Waals surface area contributed by atoms with E-state index in [1.54, 1.807) is 12.1 Å². The van der Waals surface area contributed by atoms with Gasteiger partial charge < -0.3 is 10.1 Å². The molecular formula is C25H41NO3. The van der Waals surface area contributed by atoms with E-state index in [-0.39, 0.29) is 0 Å². The minimum atomic E-state index is -0.826. The quantitative estimate of drug-likeness (QED) is 0.123. The number of ether oxygens (including phenoxy) is 1. The fourth-order valence-electron chi connectivity index (χ4n) is 3.37. The summed E-state index contributed by atoms with van der Waals surface area (Å²) in [6.45, 7) is 4.43. The summed E-state index contributed by atoms with van der Waals surface area (Å²) in [5, 5.41) is 3.38. The average Bonchev–Trinajstić information content (AvgIpc) is 2.72. The Kier molecular flexibility index (Phi) is 14.8. The molecule has 0 aromatic heterocycles. The Labute approximate surface area is 177 Å². The molecule has 0 aliphatic carbocycles. The number of hydrogen-bond acceptors (Lipinski definition) is 4. The predicted molar refractivity (Wildman–Crippen MR) is 122 cm³/mol. The van der Waals surface area contributed by atoms with Gasteiger partial charge in [-0.25, -0.2) is 4.79 Å². The van der Waals surface area contributed by atoms with Crippen molar-refractivity contribution < 1.29 is 14.3 Å². The number of ketones is 1. The van der Waals surface area contributed by atoms with Crippen LogP contribution in [0.15, 0.2) is 24.3 Å². The molecule has 0 unspecified atom stereocenters. The van der Waals surface area contributed by atoms with Gasteiger partial charge in [0.25, 0.3) is 0 Å². The molecule has 0 spiro atoms. The van der Waals surface area contributed by atoms with Crippen LogP contribution in [-0.2, 0) is 9.59 Å². The normalized spacial score (nSPS) is 10.7. The number of Topliss-reactive ketones (excluding diaryl/α,β-unsaturated/α-hetero) is 1. The summed E-state index contributed by atoms with van der Waals surface area (Å²) >= 11 is 0. The summed E-state index contributed by atoms with van der Waals surface area (Å²) in [5.74, 6) is -1.02. The Bertz CT molecular complexity index is 554. The molecule has 0 saturated heterocycles. The van der Waals surface area contributed by atoms with Crippen LogP contribution in [0.1, 0.15) is 104 Å². The number of carbonyl (C=O) groups is 2. The van der Waals surface area contributed by atoms with Crippen molar-refractivity contribution in [2.24, 2.45) is 0 Å². The Morgan fingerprint density at radius 3 is 1.62 bits per heavy atom. The fourth-order valence-corrected chi connectivity index (χ4v) is 3.37. The average molecular weight is 404 g/mol. The second-order valence-electron chi connectivity index (χ2n) is 7.99. The Morgan fingerprint density at radius 1 is 0.724 bits per heavy atom. The zero-order valence-electron chi connectivity index (χ0n) is 18.6. The van der Waals surface area contributed by atoms with Gasteiger partial charge in [-0.1, -0.05) is 90.4 Å². The van der Waals surface area contributed by atoms with E-state index in [0.717, 1.165) is 12.2 Å².